The molecule has 8 heteroatoms. The number of anilines is 2. The Labute approximate surface area is 157 Å². The highest BCUT2D eigenvalue weighted by Gasteiger charge is 2.23. The monoisotopic (exact) mass is 387 g/mol. The minimum atomic E-state index is -3.67. The van der Waals surface area contributed by atoms with Gasteiger partial charge in [0.25, 0.3) is 0 Å². The predicted octanol–water partition coefficient (Wildman–Crippen LogP) is 3.46. The highest BCUT2D eigenvalue weighted by atomic mass is 32.2. The first-order valence-electron chi connectivity index (χ1n) is 8.48. The lowest BCUT2D eigenvalue weighted by atomic mass is 10.2. The van der Waals surface area contributed by atoms with Crippen molar-refractivity contribution in [2.24, 2.45) is 5.92 Å². The molecule has 2 N–H and O–H groups in total. The summed E-state index contributed by atoms with van der Waals surface area (Å²) < 4.78 is 32.7. The lowest BCUT2D eigenvalue weighted by molar-refractivity contribution is -0.118. The molecule has 27 heavy (non-hydrogen) atoms. The highest BCUT2D eigenvalue weighted by Crippen LogP contribution is 2.24. The van der Waals surface area contributed by atoms with Crippen LogP contribution in [0.5, 0.6) is 0 Å². The molecular weight excluding hydrogens is 366 g/mol. The van der Waals surface area contributed by atoms with Gasteiger partial charge in [-0.1, -0.05) is 30.7 Å². The summed E-state index contributed by atoms with van der Waals surface area (Å²) in [6, 6.07) is 12.2. The fraction of sp³-hybridized carbons (Fsp3) is 0.263. The molecule has 3 aromatic rings. The van der Waals surface area contributed by atoms with E-state index in [0.717, 1.165) is 5.56 Å². The second kappa shape index (κ2) is 7.40. The Kier molecular flexibility index (Phi) is 5.18. The fourth-order valence-corrected chi connectivity index (χ4v) is 4.05. The van der Waals surface area contributed by atoms with Gasteiger partial charge in [0, 0.05) is 12.6 Å². The molecular formula is C19H21N3O4S. The molecule has 0 saturated carbocycles. The number of hydrogen-bond acceptors (Lipinski definition) is 5. The molecule has 0 radical (unpaired) electrons. The van der Waals surface area contributed by atoms with Gasteiger partial charge in [-0.05, 0) is 31.2 Å². The number of oxazole rings is 1. The number of rotatable bonds is 6. The molecule has 142 valence electrons. The molecule has 3 rings (SSSR count). The van der Waals surface area contributed by atoms with Crippen molar-refractivity contribution in [1.29, 1.82) is 0 Å². The van der Waals surface area contributed by atoms with Gasteiger partial charge in [0.15, 0.2) is 11.5 Å². The lowest BCUT2D eigenvalue weighted by Crippen LogP contribution is -2.29. The number of nitrogens with one attached hydrogen (secondary N) is 2. The topological polar surface area (TPSA) is 101 Å². The molecule has 7 nitrogen and oxygen atoms in total. The Morgan fingerprint density at radius 2 is 1.85 bits per heavy atom. The van der Waals surface area contributed by atoms with Crippen LogP contribution in [0.15, 0.2) is 46.9 Å². The van der Waals surface area contributed by atoms with E-state index in [4.69, 9.17) is 4.42 Å². The van der Waals surface area contributed by atoms with Crippen molar-refractivity contribution in [2.45, 2.75) is 20.8 Å². The van der Waals surface area contributed by atoms with Crippen LogP contribution in [-0.4, -0.2) is 25.1 Å². The van der Waals surface area contributed by atoms with Gasteiger partial charge in [0.05, 0.1) is 17.4 Å². The lowest BCUT2D eigenvalue weighted by Gasteiger charge is -2.14. The minimum absolute atomic E-state index is 0.335. The van der Waals surface area contributed by atoms with Crippen molar-refractivity contribution in [3.8, 4) is 0 Å². The Morgan fingerprint density at radius 1 is 1.15 bits per heavy atom. The number of para-hydroxylation sites is 1. The summed E-state index contributed by atoms with van der Waals surface area (Å²) in [5.41, 5.74) is 3.06. The molecule has 0 aliphatic rings. The van der Waals surface area contributed by atoms with Gasteiger partial charge in [-0.25, -0.2) is 13.4 Å². The van der Waals surface area contributed by atoms with E-state index in [9.17, 15) is 13.2 Å². The summed E-state index contributed by atoms with van der Waals surface area (Å²) >= 11 is 0. The van der Waals surface area contributed by atoms with E-state index < -0.39 is 21.8 Å². The smallest absolute Gasteiger partial charge is 0.233 e. The maximum absolute atomic E-state index is 12.5. The average molecular weight is 387 g/mol. The number of hydrogen-bond donors (Lipinski definition) is 2. The normalized spacial score (nSPS) is 12.7. The molecule has 1 unspecified atom stereocenters. The Hall–Kier alpha value is -2.87. The first kappa shape index (κ1) is 18.9. The third-order valence-corrected chi connectivity index (χ3v) is 5.51. The number of carbonyl (C=O) groups is 1. The number of aryl methyl sites for hydroxylation is 2. The summed E-state index contributed by atoms with van der Waals surface area (Å²) in [5, 5.41) is 2.73. The van der Waals surface area contributed by atoms with Crippen molar-refractivity contribution < 1.29 is 17.6 Å². The van der Waals surface area contributed by atoms with Crippen LogP contribution in [0.1, 0.15) is 18.4 Å². The van der Waals surface area contributed by atoms with Crippen molar-refractivity contribution in [2.75, 3.05) is 15.8 Å². The first-order chi connectivity index (χ1) is 12.7. The minimum Gasteiger partial charge on any atom is -0.439 e. The molecule has 1 aromatic heterocycles. The maximum Gasteiger partial charge on any atom is 0.233 e. The first-order valence-corrected chi connectivity index (χ1v) is 10.1. The number of amides is 1. The zero-order valence-corrected chi connectivity index (χ0v) is 16.1. The molecule has 1 amide bonds. The average Bonchev–Trinajstić information content (AvgIpc) is 2.97. The second-order valence-electron chi connectivity index (χ2n) is 6.53. The number of nitrogens with zero attached hydrogens (tertiary/aromatic N) is 1. The highest BCUT2D eigenvalue weighted by molar-refractivity contribution is 7.92. The Balaban J connectivity index is 1.68. The Bertz CT molecular complexity index is 1070. The predicted molar refractivity (Wildman–Crippen MR) is 105 cm³/mol. The van der Waals surface area contributed by atoms with Crippen LogP contribution < -0.4 is 10.0 Å². The number of fused-ring (bicyclic) bond motifs is 1. The second-order valence-corrected chi connectivity index (χ2v) is 8.29. The van der Waals surface area contributed by atoms with Crippen molar-refractivity contribution in [3.05, 3.63) is 53.9 Å². The molecule has 0 bridgehead atoms. The number of aromatic nitrogens is 1. The summed E-state index contributed by atoms with van der Waals surface area (Å²) in [7, 11) is -3.67. The van der Waals surface area contributed by atoms with Gasteiger partial charge in [-0.15, -0.1) is 0 Å². The van der Waals surface area contributed by atoms with E-state index in [2.05, 4.69) is 15.0 Å². The summed E-state index contributed by atoms with van der Waals surface area (Å²) in [6.07, 6.45) is 0. The summed E-state index contributed by atoms with van der Waals surface area (Å²) in [4.78, 5) is 16.7. The molecule has 1 atom stereocenters. The summed E-state index contributed by atoms with van der Waals surface area (Å²) in [5.74, 6) is -1.01. The molecule has 0 aliphatic carbocycles. The van der Waals surface area contributed by atoms with E-state index in [1.54, 1.807) is 44.2 Å². The van der Waals surface area contributed by atoms with Crippen LogP contribution in [0.3, 0.4) is 0 Å². The number of benzene rings is 2. The van der Waals surface area contributed by atoms with Crippen LogP contribution in [0.2, 0.25) is 0 Å². The number of sulfonamides is 1. The third kappa shape index (κ3) is 4.65. The molecule has 2 aromatic carbocycles. The molecule has 0 spiro atoms. The standard InChI is InChI=1S/C19H21N3O4S/c1-12-7-9-15(10-8-12)22-27(24,25)11-13(2)19(23)21-17-6-4-5-16-18(17)26-14(3)20-16/h4-10,13,22H,11H2,1-3H3,(H,21,23). The van der Waals surface area contributed by atoms with Crippen LogP contribution in [0.25, 0.3) is 11.1 Å². The zero-order chi connectivity index (χ0) is 19.6. The van der Waals surface area contributed by atoms with Gasteiger partial charge in [-0.2, -0.15) is 0 Å². The van der Waals surface area contributed by atoms with E-state index in [1.807, 2.05) is 19.1 Å². The van der Waals surface area contributed by atoms with E-state index >= 15 is 0 Å². The largest absolute Gasteiger partial charge is 0.439 e. The van der Waals surface area contributed by atoms with E-state index in [0.29, 0.717) is 28.4 Å². The SMILES string of the molecule is Cc1ccc(NS(=O)(=O)CC(C)C(=O)Nc2cccc3nc(C)oc23)cc1. The third-order valence-electron chi connectivity index (χ3n) is 4.02. The molecule has 0 saturated heterocycles. The van der Waals surface area contributed by atoms with E-state index in [1.165, 1.54) is 0 Å². The van der Waals surface area contributed by atoms with Crippen LogP contribution in [0.4, 0.5) is 11.4 Å². The molecule has 1 heterocycles. The van der Waals surface area contributed by atoms with Crippen LogP contribution in [0, 0.1) is 19.8 Å². The fourth-order valence-electron chi connectivity index (χ4n) is 2.66. The van der Waals surface area contributed by atoms with Gasteiger partial charge in [0.1, 0.15) is 5.52 Å². The van der Waals surface area contributed by atoms with Crippen LogP contribution >= 0.6 is 0 Å². The molecule has 0 aliphatic heterocycles. The van der Waals surface area contributed by atoms with Crippen LogP contribution in [-0.2, 0) is 14.8 Å². The van der Waals surface area contributed by atoms with Gasteiger partial charge in [0.2, 0.25) is 15.9 Å². The maximum atomic E-state index is 12.5. The van der Waals surface area contributed by atoms with E-state index in [-0.39, 0.29) is 5.75 Å². The molecule has 0 fully saturated rings. The van der Waals surface area contributed by atoms with Crippen molar-refractivity contribution in [3.63, 3.8) is 0 Å². The zero-order valence-electron chi connectivity index (χ0n) is 15.3. The Morgan fingerprint density at radius 3 is 2.56 bits per heavy atom. The van der Waals surface area contributed by atoms with Gasteiger partial charge < -0.3 is 9.73 Å². The van der Waals surface area contributed by atoms with Gasteiger partial charge >= 0.3 is 0 Å². The summed E-state index contributed by atoms with van der Waals surface area (Å²) in [6.45, 7) is 5.20. The van der Waals surface area contributed by atoms with Crippen molar-refractivity contribution >= 4 is 38.4 Å². The van der Waals surface area contributed by atoms with Gasteiger partial charge in [-0.3, -0.25) is 9.52 Å². The quantitative estimate of drug-likeness (QED) is 0.674. The van der Waals surface area contributed by atoms with Crippen molar-refractivity contribution in [1.82, 2.24) is 4.98 Å². The number of carbonyl (C=O) groups excluding carboxylic acids is 1.